The van der Waals surface area contributed by atoms with E-state index in [2.05, 4.69) is 15.2 Å². The van der Waals surface area contributed by atoms with E-state index in [9.17, 15) is 9.90 Å². The number of aliphatic hydroxyl groups is 1. The first-order valence-corrected chi connectivity index (χ1v) is 5.80. The molecule has 3 heterocycles. The molecule has 2 aromatic rings. The van der Waals surface area contributed by atoms with E-state index in [1.54, 1.807) is 23.4 Å². The lowest BCUT2D eigenvalue weighted by atomic mass is 10.1. The Labute approximate surface area is 104 Å². The number of hydrogen-bond donors (Lipinski definition) is 3. The Balaban J connectivity index is 1.93. The standard InChI is InChI=1S/C12H14N4O2/c1-7-8(2-3-13-7)12(18)16-5-10-9(4-14-15-10)11(16)6-17/h2-4,11,13,17H,5-6H2,1H3,(H,14,15). The molecule has 0 saturated heterocycles. The highest BCUT2D eigenvalue weighted by Crippen LogP contribution is 2.33. The summed E-state index contributed by atoms with van der Waals surface area (Å²) in [6.07, 6.45) is 3.42. The molecule has 6 heteroatoms. The third-order valence-electron chi connectivity index (χ3n) is 3.43. The lowest BCUT2D eigenvalue weighted by Crippen LogP contribution is -2.31. The molecular formula is C12H14N4O2. The second kappa shape index (κ2) is 3.99. The number of aromatic amines is 2. The molecular weight excluding hydrogens is 232 g/mol. The number of aromatic nitrogens is 3. The molecule has 3 N–H and O–H groups in total. The van der Waals surface area contributed by atoms with Crippen molar-refractivity contribution in [1.82, 2.24) is 20.1 Å². The second-order valence-electron chi connectivity index (χ2n) is 4.45. The highest BCUT2D eigenvalue weighted by atomic mass is 16.3. The SMILES string of the molecule is Cc1[nH]ccc1C(=O)N1Cc2[nH]ncc2C1CO. The fourth-order valence-electron chi connectivity index (χ4n) is 2.43. The molecule has 0 radical (unpaired) electrons. The summed E-state index contributed by atoms with van der Waals surface area (Å²) in [7, 11) is 0. The highest BCUT2D eigenvalue weighted by molar-refractivity contribution is 5.96. The first kappa shape index (κ1) is 11.0. The van der Waals surface area contributed by atoms with Gasteiger partial charge in [-0.2, -0.15) is 5.10 Å². The minimum Gasteiger partial charge on any atom is -0.394 e. The molecule has 0 fully saturated rings. The lowest BCUT2D eigenvalue weighted by Gasteiger charge is -2.23. The van der Waals surface area contributed by atoms with Crippen molar-refractivity contribution in [1.29, 1.82) is 0 Å². The van der Waals surface area contributed by atoms with Crippen LogP contribution in [0.1, 0.15) is 33.4 Å². The quantitative estimate of drug-likeness (QED) is 0.730. The summed E-state index contributed by atoms with van der Waals surface area (Å²) >= 11 is 0. The summed E-state index contributed by atoms with van der Waals surface area (Å²) in [5.41, 5.74) is 3.28. The molecule has 2 aromatic heterocycles. The molecule has 0 spiro atoms. The van der Waals surface area contributed by atoms with Crippen LogP contribution in [0.2, 0.25) is 0 Å². The Bertz CT molecular complexity index is 586. The maximum Gasteiger partial charge on any atom is 0.256 e. The first-order valence-electron chi connectivity index (χ1n) is 5.80. The Morgan fingerprint density at radius 2 is 2.50 bits per heavy atom. The van der Waals surface area contributed by atoms with Crippen molar-refractivity contribution in [2.24, 2.45) is 0 Å². The zero-order valence-corrected chi connectivity index (χ0v) is 9.97. The van der Waals surface area contributed by atoms with Crippen molar-refractivity contribution < 1.29 is 9.90 Å². The van der Waals surface area contributed by atoms with E-state index >= 15 is 0 Å². The molecule has 6 nitrogen and oxygen atoms in total. The van der Waals surface area contributed by atoms with Crippen LogP contribution < -0.4 is 0 Å². The normalized spacial score (nSPS) is 18.1. The van der Waals surface area contributed by atoms with Gasteiger partial charge in [0.1, 0.15) is 0 Å². The first-order chi connectivity index (χ1) is 8.72. The van der Waals surface area contributed by atoms with E-state index in [4.69, 9.17) is 0 Å². The summed E-state index contributed by atoms with van der Waals surface area (Å²) in [5.74, 6) is -0.0719. The largest absolute Gasteiger partial charge is 0.394 e. The summed E-state index contributed by atoms with van der Waals surface area (Å²) in [4.78, 5) is 17.1. The number of aryl methyl sites for hydroxylation is 1. The number of nitrogens with zero attached hydrogens (tertiary/aromatic N) is 2. The molecule has 94 valence electrons. The number of carbonyl (C=O) groups excluding carboxylic acids is 1. The topological polar surface area (TPSA) is 85.0 Å². The third-order valence-corrected chi connectivity index (χ3v) is 3.43. The van der Waals surface area contributed by atoms with Gasteiger partial charge in [0.2, 0.25) is 0 Å². The minimum absolute atomic E-state index is 0.0719. The zero-order valence-electron chi connectivity index (χ0n) is 9.97. The Morgan fingerprint density at radius 3 is 3.17 bits per heavy atom. The fraction of sp³-hybridized carbons (Fsp3) is 0.333. The van der Waals surface area contributed by atoms with Crippen LogP contribution in [0.25, 0.3) is 0 Å². The number of nitrogens with one attached hydrogen (secondary N) is 2. The average molecular weight is 246 g/mol. The minimum atomic E-state index is -0.305. The molecule has 18 heavy (non-hydrogen) atoms. The number of fused-ring (bicyclic) bond motifs is 1. The summed E-state index contributed by atoms with van der Waals surface area (Å²) in [6.45, 7) is 2.23. The number of H-pyrrole nitrogens is 2. The van der Waals surface area contributed by atoms with Crippen LogP contribution in [0.3, 0.4) is 0 Å². The number of aliphatic hydroxyl groups excluding tert-OH is 1. The molecule has 1 aliphatic rings. The molecule has 0 saturated carbocycles. The van der Waals surface area contributed by atoms with Gasteiger partial charge in [0.25, 0.3) is 5.91 Å². The van der Waals surface area contributed by atoms with Crippen LogP contribution in [0.4, 0.5) is 0 Å². The van der Waals surface area contributed by atoms with Gasteiger partial charge >= 0.3 is 0 Å². The summed E-state index contributed by atoms with van der Waals surface area (Å²) in [5, 5.41) is 16.3. The molecule has 1 atom stereocenters. The summed E-state index contributed by atoms with van der Waals surface area (Å²) < 4.78 is 0. The van der Waals surface area contributed by atoms with Gasteiger partial charge in [-0.1, -0.05) is 0 Å². The molecule has 0 aliphatic carbocycles. The van der Waals surface area contributed by atoms with E-state index in [0.717, 1.165) is 17.0 Å². The van der Waals surface area contributed by atoms with Gasteiger partial charge in [0.05, 0.1) is 36.6 Å². The smallest absolute Gasteiger partial charge is 0.256 e. The van der Waals surface area contributed by atoms with Gasteiger partial charge < -0.3 is 15.0 Å². The average Bonchev–Trinajstić information content (AvgIpc) is 3.01. The van der Waals surface area contributed by atoms with Crippen LogP contribution in [0.5, 0.6) is 0 Å². The fourth-order valence-corrected chi connectivity index (χ4v) is 2.43. The molecule has 1 unspecified atom stereocenters. The van der Waals surface area contributed by atoms with Gasteiger partial charge in [0, 0.05) is 17.5 Å². The third kappa shape index (κ3) is 1.46. The van der Waals surface area contributed by atoms with Gasteiger partial charge in [-0.15, -0.1) is 0 Å². The lowest BCUT2D eigenvalue weighted by molar-refractivity contribution is 0.0613. The number of hydrogen-bond acceptors (Lipinski definition) is 3. The molecule has 1 amide bonds. The molecule has 0 aromatic carbocycles. The van der Waals surface area contributed by atoms with Crippen LogP contribution in [-0.2, 0) is 6.54 Å². The van der Waals surface area contributed by atoms with Crippen molar-refractivity contribution in [3.63, 3.8) is 0 Å². The van der Waals surface area contributed by atoms with Crippen molar-refractivity contribution in [2.45, 2.75) is 19.5 Å². The van der Waals surface area contributed by atoms with Gasteiger partial charge in [-0.3, -0.25) is 9.89 Å². The van der Waals surface area contributed by atoms with Crippen LogP contribution in [-0.4, -0.2) is 37.7 Å². The molecule has 1 aliphatic heterocycles. The Hall–Kier alpha value is -2.08. The Kier molecular flexibility index (Phi) is 2.45. The second-order valence-corrected chi connectivity index (χ2v) is 4.45. The molecule has 0 bridgehead atoms. The Morgan fingerprint density at radius 1 is 1.67 bits per heavy atom. The van der Waals surface area contributed by atoms with Gasteiger partial charge in [-0.25, -0.2) is 0 Å². The van der Waals surface area contributed by atoms with E-state index in [-0.39, 0.29) is 18.6 Å². The zero-order chi connectivity index (χ0) is 12.7. The van der Waals surface area contributed by atoms with Crippen molar-refractivity contribution in [3.8, 4) is 0 Å². The van der Waals surface area contributed by atoms with Crippen molar-refractivity contribution in [3.05, 3.63) is 41.0 Å². The monoisotopic (exact) mass is 246 g/mol. The van der Waals surface area contributed by atoms with E-state index < -0.39 is 0 Å². The maximum atomic E-state index is 12.4. The highest BCUT2D eigenvalue weighted by Gasteiger charge is 2.35. The predicted octanol–water partition coefficient (Wildman–Crippen LogP) is 0.736. The van der Waals surface area contributed by atoms with E-state index in [1.807, 2.05) is 6.92 Å². The maximum absolute atomic E-state index is 12.4. The number of rotatable bonds is 2. The number of amides is 1. The van der Waals surface area contributed by atoms with Gasteiger partial charge in [-0.05, 0) is 13.0 Å². The van der Waals surface area contributed by atoms with E-state index in [1.165, 1.54) is 0 Å². The number of carbonyl (C=O) groups is 1. The van der Waals surface area contributed by atoms with Gasteiger partial charge in [0.15, 0.2) is 0 Å². The summed E-state index contributed by atoms with van der Waals surface area (Å²) in [6, 6.07) is 1.46. The van der Waals surface area contributed by atoms with Crippen LogP contribution in [0.15, 0.2) is 18.5 Å². The molecule has 3 rings (SSSR count). The van der Waals surface area contributed by atoms with E-state index in [0.29, 0.717) is 12.1 Å². The van der Waals surface area contributed by atoms with Crippen LogP contribution in [0, 0.1) is 6.92 Å². The van der Waals surface area contributed by atoms with Crippen LogP contribution >= 0.6 is 0 Å². The van der Waals surface area contributed by atoms with Crippen molar-refractivity contribution in [2.75, 3.05) is 6.61 Å². The van der Waals surface area contributed by atoms with Crippen molar-refractivity contribution >= 4 is 5.91 Å². The predicted molar refractivity (Wildman–Crippen MR) is 63.8 cm³/mol.